The van der Waals surface area contributed by atoms with Gasteiger partial charge in [-0.05, 0) is 30.3 Å². The fraction of sp³-hybridized carbons (Fsp3) is 0.200. The highest BCUT2D eigenvalue weighted by atomic mass is 19.2. The maximum atomic E-state index is 13.4. The van der Waals surface area contributed by atoms with E-state index in [2.05, 4.69) is 37.2 Å². The molecule has 1 saturated heterocycles. The first-order valence-electron chi connectivity index (χ1n) is 8.79. The lowest BCUT2D eigenvalue weighted by Gasteiger charge is -2.36. The number of hydrogen-bond donors (Lipinski definition) is 1. The quantitative estimate of drug-likeness (QED) is 0.759. The molecular formula is C20H19F2N5. The first-order chi connectivity index (χ1) is 13.2. The normalized spacial score (nSPS) is 14.3. The van der Waals surface area contributed by atoms with Gasteiger partial charge in [-0.2, -0.15) is 4.98 Å². The zero-order valence-corrected chi connectivity index (χ0v) is 14.6. The van der Waals surface area contributed by atoms with Gasteiger partial charge in [0, 0.05) is 49.8 Å². The number of nitrogens with zero attached hydrogens (tertiary/aromatic N) is 4. The van der Waals surface area contributed by atoms with Gasteiger partial charge in [-0.3, -0.25) is 0 Å². The lowest BCUT2D eigenvalue weighted by molar-refractivity contribution is 0.509. The van der Waals surface area contributed by atoms with E-state index in [1.54, 1.807) is 12.3 Å². The summed E-state index contributed by atoms with van der Waals surface area (Å²) in [7, 11) is 0. The predicted molar refractivity (Wildman–Crippen MR) is 103 cm³/mol. The average molecular weight is 367 g/mol. The maximum absolute atomic E-state index is 13.4. The monoisotopic (exact) mass is 367 g/mol. The second kappa shape index (κ2) is 7.57. The van der Waals surface area contributed by atoms with Crippen LogP contribution in [0.3, 0.4) is 0 Å². The van der Waals surface area contributed by atoms with E-state index in [0.29, 0.717) is 17.5 Å². The molecule has 1 aliphatic heterocycles. The maximum Gasteiger partial charge on any atom is 0.227 e. The molecule has 0 spiro atoms. The standard InChI is InChI=1S/C20H19F2N5/c21-17-7-6-15(14-18(17)22)24-19-8-9-23-20(25-19)27-12-10-26(11-13-27)16-4-2-1-3-5-16/h1-9,14H,10-13H2,(H,23,24,25). The third-order valence-corrected chi connectivity index (χ3v) is 4.52. The number of piperazine rings is 1. The Balaban J connectivity index is 1.43. The van der Waals surface area contributed by atoms with E-state index < -0.39 is 11.6 Å². The first kappa shape index (κ1) is 17.2. The molecule has 5 nitrogen and oxygen atoms in total. The van der Waals surface area contributed by atoms with Crippen LogP contribution < -0.4 is 15.1 Å². The highest BCUT2D eigenvalue weighted by Crippen LogP contribution is 2.21. The Morgan fingerprint density at radius 1 is 0.815 bits per heavy atom. The van der Waals surface area contributed by atoms with E-state index >= 15 is 0 Å². The van der Waals surface area contributed by atoms with Gasteiger partial charge in [-0.25, -0.2) is 13.8 Å². The molecule has 1 N–H and O–H groups in total. The van der Waals surface area contributed by atoms with E-state index in [1.165, 1.54) is 11.8 Å². The minimum atomic E-state index is -0.897. The van der Waals surface area contributed by atoms with Crippen LogP contribution >= 0.6 is 0 Å². The van der Waals surface area contributed by atoms with Crippen molar-refractivity contribution in [3.63, 3.8) is 0 Å². The summed E-state index contributed by atoms with van der Waals surface area (Å²) in [5, 5.41) is 2.99. The van der Waals surface area contributed by atoms with Crippen molar-refractivity contribution < 1.29 is 8.78 Å². The second-order valence-corrected chi connectivity index (χ2v) is 6.31. The van der Waals surface area contributed by atoms with Crippen LogP contribution in [0.4, 0.5) is 31.9 Å². The van der Waals surface area contributed by atoms with Crippen molar-refractivity contribution in [3.05, 3.63) is 72.4 Å². The zero-order valence-electron chi connectivity index (χ0n) is 14.6. The molecule has 4 rings (SSSR count). The minimum absolute atomic E-state index is 0.437. The van der Waals surface area contributed by atoms with Crippen molar-refractivity contribution in [2.45, 2.75) is 0 Å². The van der Waals surface area contributed by atoms with Gasteiger partial charge in [0.1, 0.15) is 5.82 Å². The van der Waals surface area contributed by atoms with Gasteiger partial charge in [0.15, 0.2) is 11.6 Å². The molecule has 2 heterocycles. The third-order valence-electron chi connectivity index (χ3n) is 4.52. The summed E-state index contributed by atoms with van der Waals surface area (Å²) in [4.78, 5) is 13.3. The van der Waals surface area contributed by atoms with E-state index in [1.807, 2.05) is 18.2 Å². The fourth-order valence-electron chi connectivity index (χ4n) is 3.10. The van der Waals surface area contributed by atoms with Gasteiger partial charge in [0.2, 0.25) is 5.95 Å². The number of rotatable bonds is 4. The summed E-state index contributed by atoms with van der Waals surface area (Å²) in [6.07, 6.45) is 1.66. The summed E-state index contributed by atoms with van der Waals surface area (Å²) in [5.41, 5.74) is 1.65. The molecular weight excluding hydrogens is 348 g/mol. The molecule has 2 aromatic carbocycles. The number of anilines is 4. The molecule has 0 atom stereocenters. The fourth-order valence-corrected chi connectivity index (χ4v) is 3.10. The number of nitrogens with one attached hydrogen (secondary N) is 1. The van der Waals surface area contributed by atoms with Gasteiger partial charge < -0.3 is 15.1 Å². The molecule has 0 radical (unpaired) electrons. The predicted octanol–water partition coefficient (Wildman–Crippen LogP) is 3.83. The smallest absolute Gasteiger partial charge is 0.227 e. The number of para-hydroxylation sites is 1. The topological polar surface area (TPSA) is 44.3 Å². The van der Waals surface area contributed by atoms with Gasteiger partial charge in [-0.1, -0.05) is 18.2 Å². The molecule has 3 aromatic rings. The molecule has 1 aromatic heterocycles. The summed E-state index contributed by atoms with van der Waals surface area (Å²) >= 11 is 0. The van der Waals surface area contributed by atoms with Crippen LogP contribution in [-0.4, -0.2) is 36.1 Å². The van der Waals surface area contributed by atoms with Crippen LogP contribution in [0, 0.1) is 11.6 Å². The van der Waals surface area contributed by atoms with Gasteiger partial charge in [0.25, 0.3) is 0 Å². The van der Waals surface area contributed by atoms with Crippen molar-refractivity contribution >= 4 is 23.1 Å². The van der Waals surface area contributed by atoms with Crippen LogP contribution in [0.15, 0.2) is 60.8 Å². The van der Waals surface area contributed by atoms with Crippen LogP contribution in [0.5, 0.6) is 0 Å². The van der Waals surface area contributed by atoms with E-state index in [9.17, 15) is 8.78 Å². The molecule has 27 heavy (non-hydrogen) atoms. The van der Waals surface area contributed by atoms with Crippen LogP contribution in [-0.2, 0) is 0 Å². The largest absolute Gasteiger partial charge is 0.368 e. The molecule has 1 fully saturated rings. The first-order valence-corrected chi connectivity index (χ1v) is 8.79. The van der Waals surface area contributed by atoms with Crippen LogP contribution in [0.1, 0.15) is 0 Å². The van der Waals surface area contributed by atoms with Crippen molar-refractivity contribution in [2.24, 2.45) is 0 Å². The number of aromatic nitrogens is 2. The Morgan fingerprint density at radius 3 is 2.30 bits per heavy atom. The van der Waals surface area contributed by atoms with Crippen molar-refractivity contribution in [3.8, 4) is 0 Å². The van der Waals surface area contributed by atoms with E-state index in [4.69, 9.17) is 0 Å². The Morgan fingerprint density at radius 2 is 1.56 bits per heavy atom. The van der Waals surface area contributed by atoms with Crippen molar-refractivity contribution in [2.75, 3.05) is 41.3 Å². The highest BCUT2D eigenvalue weighted by molar-refractivity contribution is 5.57. The molecule has 1 aliphatic rings. The summed E-state index contributed by atoms with van der Waals surface area (Å²) in [6.45, 7) is 3.38. The lowest BCUT2D eigenvalue weighted by Crippen LogP contribution is -2.47. The molecule has 0 unspecified atom stereocenters. The average Bonchev–Trinajstić information content (AvgIpc) is 2.72. The molecule has 138 valence electrons. The number of halogens is 2. The highest BCUT2D eigenvalue weighted by Gasteiger charge is 2.19. The number of benzene rings is 2. The Bertz CT molecular complexity index is 911. The molecule has 0 saturated carbocycles. The Kier molecular flexibility index (Phi) is 4.82. The van der Waals surface area contributed by atoms with E-state index in [0.717, 1.165) is 38.3 Å². The van der Waals surface area contributed by atoms with Gasteiger partial charge >= 0.3 is 0 Å². The Labute approximate surface area is 156 Å². The SMILES string of the molecule is Fc1ccc(Nc2ccnc(N3CCN(c4ccccc4)CC3)n2)cc1F. The number of hydrogen-bond acceptors (Lipinski definition) is 5. The van der Waals surface area contributed by atoms with Crippen molar-refractivity contribution in [1.82, 2.24) is 9.97 Å². The second-order valence-electron chi connectivity index (χ2n) is 6.31. The van der Waals surface area contributed by atoms with Crippen LogP contribution in [0.25, 0.3) is 0 Å². The molecule has 0 bridgehead atoms. The van der Waals surface area contributed by atoms with Gasteiger partial charge in [0.05, 0.1) is 0 Å². The molecule has 0 amide bonds. The summed E-state index contributed by atoms with van der Waals surface area (Å²) in [6, 6.07) is 15.7. The lowest BCUT2D eigenvalue weighted by atomic mass is 10.2. The van der Waals surface area contributed by atoms with Gasteiger partial charge in [-0.15, -0.1) is 0 Å². The summed E-state index contributed by atoms with van der Waals surface area (Å²) in [5.74, 6) is -0.613. The van der Waals surface area contributed by atoms with Crippen molar-refractivity contribution in [1.29, 1.82) is 0 Å². The Hall–Kier alpha value is -3.22. The third kappa shape index (κ3) is 3.97. The van der Waals surface area contributed by atoms with E-state index in [-0.39, 0.29) is 0 Å². The minimum Gasteiger partial charge on any atom is -0.368 e. The van der Waals surface area contributed by atoms with Crippen LogP contribution in [0.2, 0.25) is 0 Å². The summed E-state index contributed by atoms with van der Waals surface area (Å²) < 4.78 is 26.4. The zero-order chi connectivity index (χ0) is 18.6. The molecule has 7 heteroatoms. The molecule has 0 aliphatic carbocycles.